The molecular formula is C95H130N16O20. The van der Waals surface area contributed by atoms with Crippen LogP contribution in [0.1, 0.15) is 154 Å². The molecule has 3 saturated heterocycles. The summed E-state index contributed by atoms with van der Waals surface area (Å²) in [5.74, 6) is -8.46. The van der Waals surface area contributed by atoms with Gasteiger partial charge in [-0.3, -0.25) is 38.5 Å². The van der Waals surface area contributed by atoms with Gasteiger partial charge in [0.15, 0.2) is 17.0 Å². The molecule has 5 amide bonds. The number of nitrogens with two attached hydrogens (primary N) is 2. The van der Waals surface area contributed by atoms with Gasteiger partial charge in [-0.1, -0.05) is 89.3 Å². The molecule has 15 atom stereocenters. The average Bonchev–Trinajstić information content (AvgIpc) is 1.55. The highest BCUT2D eigenvalue weighted by Gasteiger charge is 2.53. The molecule has 710 valence electrons. The maximum absolute atomic E-state index is 14.8. The number of rotatable bonds is 26. The number of fused-ring (bicyclic) bond motifs is 6. The summed E-state index contributed by atoms with van der Waals surface area (Å²) in [5, 5.41) is 35.1. The van der Waals surface area contributed by atoms with Gasteiger partial charge in [0, 0.05) is 134 Å². The highest BCUT2D eigenvalue weighted by Crippen LogP contribution is 2.40. The number of Topliss-reactive ketones (excluding diaryl/α,β-unsaturated/α-hetero) is 3. The van der Waals surface area contributed by atoms with Gasteiger partial charge in [-0.2, -0.15) is 10.1 Å². The molecule has 6 aliphatic rings. The van der Waals surface area contributed by atoms with Crippen molar-refractivity contribution in [3.05, 3.63) is 125 Å². The number of aliphatic hydroxyl groups excluding tert-OH is 1. The topological polar surface area (TPSA) is 456 Å². The minimum Gasteiger partial charge on any atom is -0.460 e. The average molecular weight is 1820 g/mol. The number of aliphatic hydroxyl groups is 2. The zero-order valence-electron chi connectivity index (χ0n) is 77.2. The van der Waals surface area contributed by atoms with Gasteiger partial charge >= 0.3 is 12.1 Å². The molecule has 0 radical (unpaired) electrons. The quantitative estimate of drug-likeness (QED) is 0.0131. The first-order valence-electron chi connectivity index (χ1n) is 45.8. The molecule has 1 saturated carbocycles. The van der Waals surface area contributed by atoms with Crippen LogP contribution in [0.5, 0.6) is 0 Å². The number of oxazole rings is 1. The Bertz CT molecular complexity index is 5110. The van der Waals surface area contributed by atoms with E-state index in [0.717, 1.165) is 27.8 Å². The Morgan fingerprint density at radius 2 is 1.53 bits per heavy atom. The van der Waals surface area contributed by atoms with Gasteiger partial charge in [0.1, 0.15) is 59.6 Å². The van der Waals surface area contributed by atoms with Crippen molar-refractivity contribution >= 4 is 93.0 Å². The van der Waals surface area contributed by atoms with E-state index in [1.54, 1.807) is 83.3 Å². The van der Waals surface area contributed by atoms with E-state index < -0.39 is 102 Å². The number of cyclic esters (lactones) is 1. The summed E-state index contributed by atoms with van der Waals surface area (Å²) in [7, 11) is 6.18. The summed E-state index contributed by atoms with van der Waals surface area (Å²) in [4.78, 5) is 156. The molecule has 4 fully saturated rings. The Labute approximate surface area is 764 Å². The SMILES string of the molecule is CO[C@H]1C[C@@H]2CC[C@@H](C)[C@@](O)(O2)C(=O)C(=O)N2CCCC[C@H]2C(=O)O[C@H]([C@H](C)C[C@@H]2CC[C@@H](OC(=O)NCc3cnc(N4CCN(C(=O)CN(C)CC(=O)NCCOCCOCCC(=O)N5CCc6cc(Cn7nc(-c8ccc9oc(N)nc9c8)c8c(N)ncnc87)ccc6C5)CC4)nc3)[C@H](OC)C2)CC(=O)[C@H](C)/C=C(\C)[C@@H](O)[C@@H](OC)C(=O)[C@H](C)C[C@H](C)/C=C/C=C/C=C/1C. The minimum absolute atomic E-state index is 0.000320. The van der Waals surface area contributed by atoms with Crippen molar-refractivity contribution in [1.29, 1.82) is 0 Å². The van der Waals surface area contributed by atoms with Crippen molar-refractivity contribution in [3.63, 3.8) is 0 Å². The third-order valence-electron chi connectivity index (χ3n) is 26.2. The largest absolute Gasteiger partial charge is 0.460 e. The number of ether oxygens (including phenoxy) is 8. The van der Waals surface area contributed by atoms with E-state index in [2.05, 4.69) is 47.7 Å². The predicted octanol–water partition coefficient (Wildman–Crippen LogP) is 7.77. The highest BCUT2D eigenvalue weighted by molar-refractivity contribution is 6.39. The molecule has 2 bridgehead atoms. The fraction of sp³-hybridized carbons (Fsp3) is 0.589. The normalized spacial score (nSPS) is 27.2. The number of hydrogen-bond donors (Lipinski definition) is 6. The van der Waals surface area contributed by atoms with Crippen molar-refractivity contribution < 1.29 is 95.7 Å². The number of anilines is 3. The summed E-state index contributed by atoms with van der Waals surface area (Å²) in [6.07, 6.45) is 14.4. The van der Waals surface area contributed by atoms with Crippen LogP contribution in [0.4, 0.5) is 22.6 Å². The fourth-order valence-corrected chi connectivity index (χ4v) is 18.5. The number of ketones is 3. The number of methoxy groups -OCH3 is 3. The van der Waals surface area contributed by atoms with Gasteiger partial charge in [0.05, 0.1) is 76.2 Å². The number of amides is 5. The summed E-state index contributed by atoms with van der Waals surface area (Å²) in [5.41, 5.74) is 20.4. The monoisotopic (exact) mass is 1810 g/mol. The number of carbonyl (C=O) groups is 9. The number of nitrogens with zero attached hydrogens (tertiary/aromatic N) is 12. The number of nitrogen functional groups attached to an aromatic ring is 2. The van der Waals surface area contributed by atoms with Crippen LogP contribution in [0, 0.1) is 35.5 Å². The molecule has 36 nitrogen and oxygen atoms in total. The van der Waals surface area contributed by atoms with Crippen molar-refractivity contribution in [2.45, 2.75) is 213 Å². The molecule has 0 spiro atoms. The zero-order valence-corrected chi connectivity index (χ0v) is 77.2. The smallest absolute Gasteiger partial charge is 0.407 e. The summed E-state index contributed by atoms with van der Waals surface area (Å²) < 4.78 is 54.8. The number of esters is 1. The van der Waals surface area contributed by atoms with Crippen molar-refractivity contribution in [1.82, 2.24) is 64.9 Å². The summed E-state index contributed by atoms with van der Waals surface area (Å²) in [6, 6.07) is 10.6. The Kier molecular flexibility index (Phi) is 35.2. The lowest BCUT2D eigenvalue weighted by Gasteiger charge is -2.42. The number of nitrogens with one attached hydrogen (secondary N) is 2. The van der Waals surface area contributed by atoms with Crippen LogP contribution < -0.4 is 27.0 Å². The third-order valence-corrected chi connectivity index (χ3v) is 26.2. The number of piperazine rings is 1. The second-order valence-corrected chi connectivity index (χ2v) is 35.9. The Balaban J connectivity index is 0.545. The number of benzene rings is 2. The summed E-state index contributed by atoms with van der Waals surface area (Å²) in [6.45, 7) is 17.2. The number of allylic oxidation sites excluding steroid dienone is 6. The number of hydrogen-bond acceptors (Lipinski definition) is 30. The summed E-state index contributed by atoms with van der Waals surface area (Å²) >= 11 is 0. The Morgan fingerprint density at radius 3 is 2.28 bits per heavy atom. The zero-order chi connectivity index (χ0) is 93.7. The van der Waals surface area contributed by atoms with Crippen molar-refractivity contribution in [2.24, 2.45) is 35.5 Å². The van der Waals surface area contributed by atoms with E-state index in [-0.39, 0.29) is 132 Å². The number of piperidine rings is 1. The van der Waals surface area contributed by atoms with E-state index in [9.17, 15) is 53.4 Å². The van der Waals surface area contributed by atoms with Crippen LogP contribution in [0.2, 0.25) is 0 Å². The van der Waals surface area contributed by atoms with Gasteiger partial charge in [0.2, 0.25) is 29.5 Å². The Morgan fingerprint density at radius 1 is 0.756 bits per heavy atom. The van der Waals surface area contributed by atoms with Crippen LogP contribution >= 0.6 is 0 Å². The lowest BCUT2D eigenvalue weighted by Crippen LogP contribution is -2.61. The first-order chi connectivity index (χ1) is 62.9. The van der Waals surface area contributed by atoms with Crippen molar-refractivity contribution in [3.8, 4) is 11.3 Å². The maximum Gasteiger partial charge on any atom is 0.407 e. The standard InChI is InChI=1S/C95H130N16O20/c1-57-17-13-12-14-18-58(2)76(123-9)47-70-25-20-63(7)95(122,131-70)87(118)90(119)110-31-16-15-19-72(110)91(120)128-77(48-73(112)59(3)42-62(6)85(117)86(125-11)84(116)61(5)41-57)60(4)43-64-22-26-75(78(45-64)124-10)130-94(121)101-51-66-49-99-93(100-50-66)108-35-33-107(34-36-108)81(115)55-106(8)54-79(113)98-30-38-127-40-39-126-37-29-80(114)109-32-28-67-44-65(21-23-69(67)53-109)52-111-89-82(88(96)102-56-103-89)83(105-111)68-24-27-74-71(46-68)104-92(97)129-74/h12-14,17-18,21,23-24,27,42,44,46,49-50,56-57,59-61,63-64,70,72,75-78,85-86,117,122H,15-16,19-20,22,25-26,28-41,43,45,47-48,51-55H2,1-11H3,(H2,97,104)(H,98,113)(H,101,121)(H2,96,102,103)/b14-12+,17-13+,58-18+,62-42+/t57-,59-,60-,61-,63-,64+,70+,72+,75-,76+,77+,78-,85-,86+,95-/m1/s1. The van der Waals surface area contributed by atoms with Crippen molar-refractivity contribution in [2.75, 3.05) is 130 Å². The van der Waals surface area contributed by atoms with E-state index in [4.69, 9.17) is 58.9 Å². The molecule has 1 aliphatic carbocycles. The molecule has 36 heteroatoms. The lowest BCUT2D eigenvalue weighted by molar-refractivity contribution is -0.265. The predicted molar refractivity (Wildman–Crippen MR) is 486 cm³/mol. The maximum atomic E-state index is 14.8. The van der Waals surface area contributed by atoms with Crippen LogP contribution in [0.3, 0.4) is 0 Å². The molecule has 0 unspecified atom stereocenters. The number of aromatic nitrogens is 7. The van der Waals surface area contributed by atoms with Gasteiger partial charge in [-0.05, 0) is 155 Å². The Hall–Kier alpha value is -10.8. The number of alkyl carbamates (subject to hydrolysis) is 1. The lowest BCUT2D eigenvalue weighted by atomic mass is 9.78. The molecule has 5 aliphatic heterocycles. The van der Waals surface area contributed by atoms with Gasteiger partial charge in [-0.25, -0.2) is 34.2 Å². The van der Waals surface area contributed by atoms with Crippen LogP contribution in [-0.4, -0.2) is 286 Å². The van der Waals surface area contributed by atoms with Gasteiger partial charge < -0.3 is 94.2 Å². The second-order valence-electron chi connectivity index (χ2n) is 35.9. The van der Waals surface area contributed by atoms with E-state index in [1.165, 1.54) is 18.3 Å². The molecule has 9 heterocycles. The fourth-order valence-electron chi connectivity index (χ4n) is 18.5. The molecular weight excluding hydrogens is 1690 g/mol. The van der Waals surface area contributed by atoms with E-state index in [1.807, 2.05) is 83.8 Å². The van der Waals surface area contributed by atoms with Crippen LogP contribution in [0.25, 0.3) is 33.4 Å². The minimum atomic E-state index is -2.50. The first-order valence-corrected chi connectivity index (χ1v) is 45.8. The second kappa shape index (κ2) is 46.5. The highest BCUT2D eigenvalue weighted by atomic mass is 16.6. The molecule has 12 rings (SSSR count). The van der Waals surface area contributed by atoms with E-state index >= 15 is 0 Å². The first kappa shape index (κ1) is 99.2. The van der Waals surface area contributed by atoms with Gasteiger partial charge in [-0.15, -0.1) is 0 Å². The molecule has 131 heavy (non-hydrogen) atoms. The third kappa shape index (κ3) is 25.9. The molecule has 4 aromatic heterocycles. The van der Waals surface area contributed by atoms with Crippen LogP contribution in [-0.2, 0) is 102 Å². The molecule has 6 aromatic rings. The van der Waals surface area contributed by atoms with Gasteiger partial charge in [0.25, 0.3) is 17.7 Å². The van der Waals surface area contributed by atoms with Crippen LogP contribution in [0.15, 0.2) is 107 Å². The molecule has 2 aromatic carbocycles. The number of likely N-dealkylation sites (N-methyl/N-ethyl adjacent to an activating group) is 1. The van der Waals surface area contributed by atoms with E-state index in [0.29, 0.717) is 161 Å². The molecule has 8 N–H and O–H groups in total. The number of carbonyl (C=O) groups excluding carboxylic acids is 9.